The van der Waals surface area contributed by atoms with E-state index in [0.29, 0.717) is 0 Å². The fourth-order valence-electron chi connectivity index (χ4n) is 1.87. The van der Waals surface area contributed by atoms with E-state index >= 15 is 0 Å². The summed E-state index contributed by atoms with van der Waals surface area (Å²) in [5, 5.41) is 0. The van der Waals surface area contributed by atoms with Gasteiger partial charge < -0.3 is 23.7 Å². The van der Waals surface area contributed by atoms with E-state index in [2.05, 4.69) is 0 Å². The van der Waals surface area contributed by atoms with Crippen LogP contribution in [0.1, 0.15) is 68.2 Å². The van der Waals surface area contributed by atoms with Gasteiger partial charge in [-0.25, -0.2) is 9.59 Å². The van der Waals surface area contributed by atoms with Gasteiger partial charge in [-0.3, -0.25) is 9.59 Å². The highest BCUT2D eigenvalue weighted by molar-refractivity contribution is 5.86. The Balaban J connectivity index is 4.74. The molecule has 0 aromatic carbocycles. The van der Waals surface area contributed by atoms with Gasteiger partial charge >= 0.3 is 18.3 Å². The van der Waals surface area contributed by atoms with Gasteiger partial charge in [-0.2, -0.15) is 0 Å². The number of Topliss-reactive ketones (excluding diaryl/α,β-unsaturated/α-hetero) is 1. The lowest BCUT2D eigenvalue weighted by atomic mass is 9.88. The molecule has 0 rings (SSSR count). The SMILES string of the molecule is CC(C)COC(=O)OCC(COC(=O)OCC(C)(C)C)OC(=O)CCC(=O)C(C)(C)C. The van der Waals surface area contributed by atoms with Crippen molar-refractivity contribution in [3.05, 3.63) is 0 Å². The molecule has 1 atom stereocenters. The quantitative estimate of drug-likeness (QED) is 0.338. The van der Waals surface area contributed by atoms with Crippen molar-refractivity contribution in [2.45, 2.75) is 74.3 Å². The average molecular weight is 447 g/mol. The molecule has 0 saturated heterocycles. The van der Waals surface area contributed by atoms with Gasteiger partial charge in [-0.05, 0) is 11.3 Å². The highest BCUT2D eigenvalue weighted by Crippen LogP contribution is 2.18. The van der Waals surface area contributed by atoms with Crippen LogP contribution in [0.2, 0.25) is 0 Å². The predicted octanol–water partition coefficient (Wildman–Crippen LogP) is 4.30. The maximum Gasteiger partial charge on any atom is 0.508 e. The van der Waals surface area contributed by atoms with Gasteiger partial charge in [0.15, 0.2) is 6.10 Å². The molecule has 0 aliphatic heterocycles. The van der Waals surface area contributed by atoms with E-state index in [1.807, 2.05) is 34.6 Å². The van der Waals surface area contributed by atoms with Crippen molar-refractivity contribution in [3.8, 4) is 0 Å². The number of carbonyl (C=O) groups excluding carboxylic acids is 4. The highest BCUT2D eigenvalue weighted by atomic mass is 16.7. The van der Waals surface area contributed by atoms with E-state index in [4.69, 9.17) is 23.7 Å². The van der Waals surface area contributed by atoms with Crippen LogP contribution in [0.25, 0.3) is 0 Å². The molecular formula is C22H38O9. The second-order valence-corrected chi connectivity index (χ2v) is 9.96. The molecule has 31 heavy (non-hydrogen) atoms. The third kappa shape index (κ3) is 16.1. The zero-order chi connectivity index (χ0) is 24.2. The van der Waals surface area contributed by atoms with Crippen molar-refractivity contribution in [3.63, 3.8) is 0 Å². The molecule has 0 aliphatic rings. The smallest absolute Gasteiger partial charge is 0.455 e. The summed E-state index contributed by atoms with van der Waals surface area (Å²) in [4.78, 5) is 47.5. The molecule has 0 aliphatic carbocycles. The Kier molecular flexibility index (Phi) is 12.2. The van der Waals surface area contributed by atoms with Crippen LogP contribution in [-0.2, 0) is 33.3 Å². The summed E-state index contributed by atoms with van der Waals surface area (Å²) in [5.74, 6) is -0.632. The predicted molar refractivity (Wildman–Crippen MR) is 112 cm³/mol. The number of carbonyl (C=O) groups is 4. The molecule has 0 saturated carbocycles. The molecule has 0 bridgehead atoms. The van der Waals surface area contributed by atoms with E-state index in [1.54, 1.807) is 20.8 Å². The van der Waals surface area contributed by atoms with Crippen LogP contribution in [0.4, 0.5) is 9.59 Å². The summed E-state index contributed by atoms with van der Waals surface area (Å²) >= 11 is 0. The van der Waals surface area contributed by atoms with Gasteiger partial charge in [0.2, 0.25) is 0 Å². The first-order valence-corrected chi connectivity index (χ1v) is 10.4. The summed E-state index contributed by atoms with van der Waals surface area (Å²) in [6.45, 7) is 14.3. The topological polar surface area (TPSA) is 114 Å². The summed E-state index contributed by atoms with van der Waals surface area (Å²) < 4.78 is 25.0. The third-order valence-electron chi connectivity index (χ3n) is 3.62. The zero-order valence-electron chi connectivity index (χ0n) is 20.1. The van der Waals surface area contributed by atoms with Crippen LogP contribution in [0.5, 0.6) is 0 Å². The zero-order valence-corrected chi connectivity index (χ0v) is 20.1. The largest absolute Gasteiger partial charge is 0.508 e. The second-order valence-electron chi connectivity index (χ2n) is 9.96. The van der Waals surface area contributed by atoms with E-state index in [1.165, 1.54) is 0 Å². The summed E-state index contributed by atoms with van der Waals surface area (Å²) in [7, 11) is 0. The van der Waals surface area contributed by atoms with Crippen LogP contribution in [0.3, 0.4) is 0 Å². The maximum atomic E-state index is 12.1. The first kappa shape index (κ1) is 28.7. The number of ether oxygens (including phenoxy) is 5. The molecule has 0 aromatic heterocycles. The van der Waals surface area contributed by atoms with Crippen molar-refractivity contribution in [2.75, 3.05) is 26.4 Å². The van der Waals surface area contributed by atoms with E-state index in [9.17, 15) is 19.2 Å². The Bertz CT molecular complexity index is 597. The molecule has 0 aromatic rings. The molecule has 9 nitrogen and oxygen atoms in total. The Labute approximate surface area is 185 Å². The average Bonchev–Trinajstić information content (AvgIpc) is 2.63. The molecule has 0 fully saturated rings. The van der Waals surface area contributed by atoms with Crippen molar-refractivity contribution in [1.82, 2.24) is 0 Å². The number of rotatable bonds is 11. The molecule has 0 heterocycles. The lowest BCUT2D eigenvalue weighted by Crippen LogP contribution is -2.32. The lowest BCUT2D eigenvalue weighted by Gasteiger charge is -2.20. The summed E-state index contributed by atoms with van der Waals surface area (Å²) in [6.07, 6.45) is -3.04. The van der Waals surface area contributed by atoms with Gasteiger partial charge in [-0.15, -0.1) is 0 Å². The van der Waals surface area contributed by atoms with Gasteiger partial charge in [0.05, 0.1) is 19.6 Å². The molecule has 0 amide bonds. The van der Waals surface area contributed by atoms with Crippen LogP contribution < -0.4 is 0 Å². The number of esters is 1. The number of hydrogen-bond donors (Lipinski definition) is 0. The first-order valence-electron chi connectivity index (χ1n) is 10.4. The molecule has 0 radical (unpaired) electrons. The normalized spacial score (nSPS) is 12.7. The van der Waals surface area contributed by atoms with Crippen LogP contribution in [0, 0.1) is 16.7 Å². The Morgan fingerprint density at radius 1 is 0.710 bits per heavy atom. The fraction of sp³-hybridized carbons (Fsp3) is 0.818. The third-order valence-corrected chi connectivity index (χ3v) is 3.62. The lowest BCUT2D eigenvalue weighted by molar-refractivity contribution is -0.155. The minimum absolute atomic E-state index is 0.0147. The number of hydrogen-bond acceptors (Lipinski definition) is 9. The van der Waals surface area contributed by atoms with Crippen LogP contribution >= 0.6 is 0 Å². The van der Waals surface area contributed by atoms with Crippen molar-refractivity contribution < 1.29 is 42.9 Å². The summed E-state index contributed by atoms with van der Waals surface area (Å²) in [5.41, 5.74) is -0.809. The van der Waals surface area contributed by atoms with Crippen molar-refractivity contribution in [1.29, 1.82) is 0 Å². The highest BCUT2D eigenvalue weighted by Gasteiger charge is 2.25. The van der Waals surface area contributed by atoms with E-state index < -0.39 is 29.8 Å². The second kappa shape index (κ2) is 13.2. The Morgan fingerprint density at radius 2 is 1.19 bits per heavy atom. The number of ketones is 1. The molecule has 9 heteroatoms. The minimum atomic E-state index is -1.06. The van der Waals surface area contributed by atoms with Gasteiger partial charge in [0.25, 0.3) is 0 Å². The van der Waals surface area contributed by atoms with Crippen LogP contribution in [0.15, 0.2) is 0 Å². The van der Waals surface area contributed by atoms with Gasteiger partial charge in [0, 0.05) is 11.8 Å². The monoisotopic (exact) mass is 446 g/mol. The minimum Gasteiger partial charge on any atom is -0.455 e. The Morgan fingerprint density at radius 3 is 1.65 bits per heavy atom. The standard InChI is InChI=1S/C22H38O9/c1-15(2)11-27-19(25)28-12-16(13-29-20(26)30-14-21(3,4)5)31-18(24)10-9-17(23)22(6,7)8/h15-16H,9-14H2,1-8H3. The summed E-state index contributed by atoms with van der Waals surface area (Å²) in [6, 6.07) is 0. The maximum absolute atomic E-state index is 12.1. The molecular weight excluding hydrogens is 408 g/mol. The Hall–Kier alpha value is -2.32. The van der Waals surface area contributed by atoms with Crippen molar-refractivity contribution >= 4 is 24.1 Å². The fourth-order valence-corrected chi connectivity index (χ4v) is 1.87. The van der Waals surface area contributed by atoms with E-state index in [0.717, 1.165) is 0 Å². The molecule has 0 N–H and O–H groups in total. The molecule has 0 spiro atoms. The van der Waals surface area contributed by atoms with E-state index in [-0.39, 0.29) is 56.4 Å². The molecule has 1 unspecified atom stereocenters. The van der Waals surface area contributed by atoms with Gasteiger partial charge in [-0.1, -0.05) is 55.4 Å². The van der Waals surface area contributed by atoms with Crippen molar-refractivity contribution in [2.24, 2.45) is 16.7 Å². The van der Waals surface area contributed by atoms with Gasteiger partial charge in [0.1, 0.15) is 19.0 Å². The molecule has 180 valence electrons. The van der Waals surface area contributed by atoms with Crippen LogP contribution in [-0.4, -0.2) is 56.6 Å². The first-order chi connectivity index (χ1) is 14.1.